The zero-order valence-electron chi connectivity index (χ0n) is 12.5. The van der Waals surface area contributed by atoms with Crippen LogP contribution in [-0.2, 0) is 0 Å². The molecule has 2 rings (SSSR count). The molecule has 3 nitrogen and oxygen atoms in total. The van der Waals surface area contributed by atoms with Crippen molar-refractivity contribution in [2.75, 3.05) is 34.2 Å². The quantitative estimate of drug-likeness (QED) is 0.776. The normalized spacial score (nSPS) is 32.7. The maximum atomic E-state index is 3.57. The lowest BCUT2D eigenvalue weighted by molar-refractivity contribution is 0.0866. The minimum Gasteiger partial charge on any atom is -0.315 e. The molecule has 1 heterocycles. The van der Waals surface area contributed by atoms with Crippen LogP contribution in [0.1, 0.15) is 44.9 Å². The van der Waals surface area contributed by atoms with E-state index in [9.17, 15) is 0 Å². The van der Waals surface area contributed by atoms with Gasteiger partial charge in [0.25, 0.3) is 0 Å². The summed E-state index contributed by atoms with van der Waals surface area (Å²) >= 11 is 0. The molecule has 0 aromatic rings. The van der Waals surface area contributed by atoms with Gasteiger partial charge >= 0.3 is 0 Å². The summed E-state index contributed by atoms with van der Waals surface area (Å²) < 4.78 is 0. The van der Waals surface area contributed by atoms with E-state index >= 15 is 0 Å². The van der Waals surface area contributed by atoms with Gasteiger partial charge in [-0.1, -0.05) is 19.3 Å². The Balaban J connectivity index is 1.90. The van der Waals surface area contributed by atoms with Crippen LogP contribution in [0.4, 0.5) is 0 Å². The summed E-state index contributed by atoms with van der Waals surface area (Å²) in [4.78, 5) is 5.17. The number of likely N-dealkylation sites (N-methyl/N-ethyl adjacent to an activating group) is 1. The molecule has 2 unspecified atom stereocenters. The molecule has 1 N–H and O–H groups in total. The third-order valence-corrected chi connectivity index (χ3v) is 5.05. The molecular formula is C15H31N3. The molecule has 3 heteroatoms. The molecule has 2 fully saturated rings. The Kier molecular flexibility index (Phi) is 5.46. The van der Waals surface area contributed by atoms with Crippen molar-refractivity contribution in [3.63, 3.8) is 0 Å². The Morgan fingerprint density at radius 2 is 1.61 bits per heavy atom. The zero-order chi connectivity index (χ0) is 13.0. The lowest BCUT2D eigenvalue weighted by Gasteiger charge is -2.42. The lowest BCUT2D eigenvalue weighted by atomic mass is 9.96. The first-order valence-corrected chi connectivity index (χ1v) is 7.80. The van der Waals surface area contributed by atoms with Crippen LogP contribution in [0.5, 0.6) is 0 Å². The molecular weight excluding hydrogens is 222 g/mol. The first-order chi connectivity index (χ1) is 8.72. The van der Waals surface area contributed by atoms with Gasteiger partial charge in [0, 0.05) is 18.1 Å². The first kappa shape index (κ1) is 14.3. The molecule has 1 saturated carbocycles. The SMILES string of the molecule is CNC1CCCCCC1N1CCC(N(C)C)CC1. The molecule has 0 aromatic heterocycles. The predicted octanol–water partition coefficient (Wildman–Crippen LogP) is 1.93. The van der Waals surface area contributed by atoms with E-state index in [-0.39, 0.29) is 0 Å². The van der Waals surface area contributed by atoms with E-state index in [0.29, 0.717) is 0 Å². The fourth-order valence-electron chi connectivity index (χ4n) is 3.80. The van der Waals surface area contributed by atoms with Crippen LogP contribution in [0, 0.1) is 0 Å². The first-order valence-electron chi connectivity index (χ1n) is 7.80. The molecule has 2 atom stereocenters. The minimum atomic E-state index is 0.725. The van der Waals surface area contributed by atoms with Crippen molar-refractivity contribution in [3.8, 4) is 0 Å². The van der Waals surface area contributed by atoms with Gasteiger partial charge in [0.15, 0.2) is 0 Å². The van der Waals surface area contributed by atoms with E-state index in [1.54, 1.807) is 0 Å². The topological polar surface area (TPSA) is 18.5 Å². The summed E-state index contributed by atoms with van der Waals surface area (Å²) in [5.74, 6) is 0. The van der Waals surface area contributed by atoms with E-state index in [4.69, 9.17) is 0 Å². The highest BCUT2D eigenvalue weighted by Crippen LogP contribution is 2.25. The fourth-order valence-corrected chi connectivity index (χ4v) is 3.80. The second-order valence-electron chi connectivity index (χ2n) is 6.33. The van der Waals surface area contributed by atoms with Gasteiger partial charge < -0.3 is 10.2 Å². The van der Waals surface area contributed by atoms with Crippen LogP contribution < -0.4 is 5.32 Å². The van der Waals surface area contributed by atoms with Crippen molar-refractivity contribution in [1.82, 2.24) is 15.1 Å². The van der Waals surface area contributed by atoms with Gasteiger partial charge in [0.1, 0.15) is 0 Å². The molecule has 18 heavy (non-hydrogen) atoms. The van der Waals surface area contributed by atoms with Gasteiger partial charge in [-0.2, -0.15) is 0 Å². The molecule has 1 aliphatic carbocycles. The molecule has 0 radical (unpaired) electrons. The highest BCUT2D eigenvalue weighted by atomic mass is 15.2. The fraction of sp³-hybridized carbons (Fsp3) is 1.00. The number of likely N-dealkylation sites (tertiary alicyclic amines) is 1. The summed E-state index contributed by atoms with van der Waals surface area (Å²) in [6.07, 6.45) is 9.74. The maximum Gasteiger partial charge on any atom is 0.0249 e. The van der Waals surface area contributed by atoms with Gasteiger partial charge in [-0.05, 0) is 59.9 Å². The maximum absolute atomic E-state index is 3.57. The van der Waals surface area contributed by atoms with E-state index in [2.05, 4.69) is 36.3 Å². The van der Waals surface area contributed by atoms with E-state index < -0.39 is 0 Å². The number of rotatable bonds is 3. The molecule has 0 aromatic carbocycles. The van der Waals surface area contributed by atoms with Crippen LogP contribution in [0.25, 0.3) is 0 Å². The van der Waals surface area contributed by atoms with Gasteiger partial charge in [0.05, 0.1) is 0 Å². The summed E-state index contributed by atoms with van der Waals surface area (Å²) in [6.45, 7) is 2.59. The van der Waals surface area contributed by atoms with Crippen LogP contribution in [0.15, 0.2) is 0 Å². The number of nitrogens with one attached hydrogen (secondary N) is 1. The molecule has 1 aliphatic heterocycles. The van der Waals surface area contributed by atoms with E-state index in [1.165, 1.54) is 58.0 Å². The second kappa shape index (κ2) is 6.88. The van der Waals surface area contributed by atoms with Crippen LogP contribution >= 0.6 is 0 Å². The number of piperidine rings is 1. The summed E-state index contributed by atoms with van der Waals surface area (Å²) in [6, 6.07) is 2.32. The lowest BCUT2D eigenvalue weighted by Crippen LogP contribution is -2.53. The molecule has 1 saturated heterocycles. The van der Waals surface area contributed by atoms with Crippen molar-refractivity contribution in [3.05, 3.63) is 0 Å². The van der Waals surface area contributed by atoms with E-state index in [0.717, 1.165) is 18.1 Å². The smallest absolute Gasteiger partial charge is 0.0249 e. The third-order valence-electron chi connectivity index (χ3n) is 5.05. The average Bonchev–Trinajstić information content (AvgIpc) is 2.63. The van der Waals surface area contributed by atoms with Crippen molar-refractivity contribution >= 4 is 0 Å². The summed E-state index contributed by atoms with van der Waals surface area (Å²) in [5.41, 5.74) is 0. The Morgan fingerprint density at radius 3 is 2.22 bits per heavy atom. The molecule has 0 bridgehead atoms. The second-order valence-corrected chi connectivity index (χ2v) is 6.33. The third kappa shape index (κ3) is 3.46. The van der Waals surface area contributed by atoms with Crippen molar-refractivity contribution < 1.29 is 0 Å². The van der Waals surface area contributed by atoms with Crippen molar-refractivity contribution in [2.45, 2.75) is 63.1 Å². The zero-order valence-corrected chi connectivity index (χ0v) is 12.5. The molecule has 106 valence electrons. The molecule has 0 amide bonds. The van der Waals surface area contributed by atoms with Crippen LogP contribution in [0.3, 0.4) is 0 Å². The summed E-state index contributed by atoms with van der Waals surface area (Å²) in [7, 11) is 6.60. The van der Waals surface area contributed by atoms with Gasteiger partial charge in [-0.3, -0.25) is 4.90 Å². The standard InChI is InChI=1S/C15H31N3/c1-16-14-7-5-4-6-8-15(14)18-11-9-13(10-12-18)17(2)3/h13-16H,4-12H2,1-3H3. The van der Waals surface area contributed by atoms with Crippen LogP contribution in [0.2, 0.25) is 0 Å². The highest BCUT2D eigenvalue weighted by Gasteiger charge is 2.31. The Hall–Kier alpha value is -0.120. The van der Waals surface area contributed by atoms with Crippen molar-refractivity contribution in [2.24, 2.45) is 0 Å². The van der Waals surface area contributed by atoms with Crippen molar-refractivity contribution in [1.29, 1.82) is 0 Å². The minimum absolute atomic E-state index is 0.725. The molecule has 0 spiro atoms. The van der Waals surface area contributed by atoms with E-state index in [1.807, 2.05) is 0 Å². The Labute approximate surface area is 113 Å². The summed E-state index contributed by atoms with van der Waals surface area (Å²) in [5, 5.41) is 3.57. The number of nitrogens with zero attached hydrogens (tertiary/aromatic N) is 2. The largest absolute Gasteiger partial charge is 0.315 e. The van der Waals surface area contributed by atoms with Gasteiger partial charge in [-0.25, -0.2) is 0 Å². The monoisotopic (exact) mass is 253 g/mol. The Bertz CT molecular complexity index is 234. The predicted molar refractivity (Wildman–Crippen MR) is 78.0 cm³/mol. The average molecular weight is 253 g/mol. The number of hydrogen-bond acceptors (Lipinski definition) is 3. The number of hydrogen-bond donors (Lipinski definition) is 1. The molecule has 2 aliphatic rings. The Morgan fingerprint density at radius 1 is 0.944 bits per heavy atom. The van der Waals surface area contributed by atoms with Gasteiger partial charge in [-0.15, -0.1) is 0 Å². The van der Waals surface area contributed by atoms with Gasteiger partial charge in [0.2, 0.25) is 0 Å². The highest BCUT2D eigenvalue weighted by molar-refractivity contribution is 4.89. The van der Waals surface area contributed by atoms with Crippen LogP contribution in [-0.4, -0.2) is 62.2 Å².